The largest absolute Gasteiger partial charge is 0.463 e. The van der Waals surface area contributed by atoms with Crippen molar-refractivity contribution in [2.24, 2.45) is 5.73 Å². The third kappa shape index (κ3) is 11.6. The van der Waals surface area contributed by atoms with Gasteiger partial charge in [-0.15, -0.1) is 0 Å². The summed E-state index contributed by atoms with van der Waals surface area (Å²) in [7, 11) is 3.51. The zero-order valence-corrected chi connectivity index (χ0v) is 10.8. The molecule has 0 aliphatic carbocycles. The average molecular weight is 248 g/mol. The van der Waals surface area contributed by atoms with E-state index in [0.29, 0.717) is 45.9 Å². The Bertz CT molecular complexity index is 190. The minimum Gasteiger partial charge on any atom is -0.463 e. The number of rotatable bonds is 11. The number of carbonyl (C=O) groups excluding carboxylic acids is 1. The molecule has 0 unspecified atom stereocenters. The number of nitrogens with two attached hydrogens (primary N) is 1. The smallest absolute Gasteiger partial charge is 0.307 e. The highest BCUT2D eigenvalue weighted by Crippen LogP contribution is 1.91. The highest BCUT2D eigenvalue weighted by molar-refractivity contribution is 5.69. The third-order valence-corrected chi connectivity index (χ3v) is 2.13. The van der Waals surface area contributed by atoms with Crippen molar-refractivity contribution in [3.63, 3.8) is 0 Å². The van der Waals surface area contributed by atoms with Crippen LogP contribution in [0.1, 0.15) is 6.42 Å². The molecule has 6 nitrogen and oxygen atoms in total. The van der Waals surface area contributed by atoms with Gasteiger partial charge in [0, 0.05) is 26.7 Å². The maximum absolute atomic E-state index is 11.2. The molecule has 0 spiro atoms. The molecule has 102 valence electrons. The second-order valence-electron chi connectivity index (χ2n) is 3.67. The minimum absolute atomic E-state index is 0.197. The van der Waals surface area contributed by atoms with Gasteiger partial charge in [-0.2, -0.15) is 0 Å². The zero-order chi connectivity index (χ0) is 12.9. The Morgan fingerprint density at radius 1 is 1.18 bits per heavy atom. The summed E-state index contributed by atoms with van der Waals surface area (Å²) in [5.74, 6) is -0.197. The second-order valence-corrected chi connectivity index (χ2v) is 3.67. The summed E-state index contributed by atoms with van der Waals surface area (Å²) in [5, 5.41) is 0. The molecule has 17 heavy (non-hydrogen) atoms. The van der Waals surface area contributed by atoms with Crippen LogP contribution in [0.2, 0.25) is 0 Å². The predicted molar refractivity (Wildman–Crippen MR) is 64.8 cm³/mol. The molecule has 0 heterocycles. The van der Waals surface area contributed by atoms with E-state index < -0.39 is 0 Å². The molecule has 2 N–H and O–H groups in total. The average Bonchev–Trinajstić information content (AvgIpc) is 2.32. The fourth-order valence-electron chi connectivity index (χ4n) is 1.11. The number of methoxy groups -OCH3 is 1. The van der Waals surface area contributed by atoms with E-state index in [1.54, 1.807) is 7.11 Å². The van der Waals surface area contributed by atoms with E-state index in [1.165, 1.54) is 0 Å². The highest BCUT2D eigenvalue weighted by Gasteiger charge is 2.05. The van der Waals surface area contributed by atoms with Crippen molar-refractivity contribution in [3.05, 3.63) is 0 Å². The van der Waals surface area contributed by atoms with E-state index in [0.717, 1.165) is 6.54 Å². The molecule has 0 rings (SSSR count). The van der Waals surface area contributed by atoms with Crippen molar-refractivity contribution in [2.45, 2.75) is 6.42 Å². The molecule has 0 atom stereocenters. The number of ether oxygens (including phenoxy) is 3. The second kappa shape index (κ2) is 11.8. The van der Waals surface area contributed by atoms with E-state index in [-0.39, 0.29) is 5.97 Å². The van der Waals surface area contributed by atoms with Gasteiger partial charge in [0.1, 0.15) is 6.61 Å². The standard InChI is InChI=1S/C11H24N2O4/c1-13(6-8-16-7-4-12)5-3-11(14)17-10-9-15-2/h3-10,12H2,1-2H3. The fourth-order valence-corrected chi connectivity index (χ4v) is 1.11. The first-order valence-corrected chi connectivity index (χ1v) is 5.81. The first kappa shape index (κ1) is 16.3. The van der Waals surface area contributed by atoms with Crippen LogP contribution in [0.25, 0.3) is 0 Å². The summed E-state index contributed by atoms with van der Waals surface area (Å²) in [6.45, 7) is 3.95. The van der Waals surface area contributed by atoms with Crippen molar-refractivity contribution < 1.29 is 19.0 Å². The SMILES string of the molecule is COCCOC(=O)CCN(C)CCOCCN. The van der Waals surface area contributed by atoms with Crippen molar-refractivity contribution in [2.75, 3.05) is 60.2 Å². The Kier molecular flexibility index (Phi) is 11.3. The third-order valence-electron chi connectivity index (χ3n) is 2.13. The first-order chi connectivity index (χ1) is 8.20. The molecule has 0 aliphatic rings. The summed E-state index contributed by atoms with van der Waals surface area (Å²) in [6.07, 6.45) is 0.386. The van der Waals surface area contributed by atoms with Gasteiger partial charge in [0.2, 0.25) is 0 Å². The summed E-state index contributed by atoms with van der Waals surface area (Å²) >= 11 is 0. The number of nitrogens with zero attached hydrogens (tertiary/aromatic N) is 1. The van der Waals surface area contributed by atoms with Gasteiger partial charge in [-0.05, 0) is 7.05 Å². The fraction of sp³-hybridized carbons (Fsp3) is 0.909. The summed E-state index contributed by atoms with van der Waals surface area (Å²) in [6, 6.07) is 0. The quantitative estimate of drug-likeness (QED) is 0.391. The van der Waals surface area contributed by atoms with Crippen LogP contribution in [0.4, 0.5) is 0 Å². The molecule has 0 aromatic carbocycles. The van der Waals surface area contributed by atoms with Gasteiger partial charge in [0.15, 0.2) is 0 Å². The van der Waals surface area contributed by atoms with Gasteiger partial charge in [-0.1, -0.05) is 0 Å². The minimum atomic E-state index is -0.197. The van der Waals surface area contributed by atoms with Crippen LogP contribution in [0, 0.1) is 0 Å². The molecule has 0 saturated carbocycles. The molecule has 0 amide bonds. The van der Waals surface area contributed by atoms with E-state index in [9.17, 15) is 4.79 Å². The Morgan fingerprint density at radius 3 is 2.59 bits per heavy atom. The number of likely N-dealkylation sites (N-methyl/N-ethyl adjacent to an activating group) is 1. The maximum atomic E-state index is 11.2. The predicted octanol–water partition coefficient (Wildman–Crippen LogP) is -0.527. The van der Waals surface area contributed by atoms with Crippen molar-refractivity contribution >= 4 is 5.97 Å². The Balaban J connectivity index is 3.35. The molecule has 0 fully saturated rings. The van der Waals surface area contributed by atoms with Crippen LogP contribution in [-0.2, 0) is 19.0 Å². The Morgan fingerprint density at radius 2 is 1.94 bits per heavy atom. The maximum Gasteiger partial charge on any atom is 0.307 e. The van der Waals surface area contributed by atoms with Crippen molar-refractivity contribution in [1.82, 2.24) is 4.90 Å². The van der Waals surface area contributed by atoms with Crippen LogP contribution in [0.5, 0.6) is 0 Å². The highest BCUT2D eigenvalue weighted by atomic mass is 16.6. The molecule has 0 aromatic heterocycles. The lowest BCUT2D eigenvalue weighted by molar-refractivity contribution is -0.145. The van der Waals surface area contributed by atoms with Crippen LogP contribution < -0.4 is 5.73 Å². The van der Waals surface area contributed by atoms with Gasteiger partial charge >= 0.3 is 5.97 Å². The van der Waals surface area contributed by atoms with Gasteiger partial charge < -0.3 is 24.8 Å². The van der Waals surface area contributed by atoms with Gasteiger partial charge in [0.25, 0.3) is 0 Å². The monoisotopic (exact) mass is 248 g/mol. The lowest BCUT2D eigenvalue weighted by Gasteiger charge is -2.15. The van der Waals surface area contributed by atoms with Gasteiger partial charge in [-0.3, -0.25) is 4.79 Å². The summed E-state index contributed by atoms with van der Waals surface area (Å²) < 4.78 is 15.0. The van der Waals surface area contributed by atoms with Gasteiger partial charge in [0.05, 0.1) is 26.2 Å². The van der Waals surface area contributed by atoms with Crippen LogP contribution in [0.3, 0.4) is 0 Å². The number of hydrogen-bond acceptors (Lipinski definition) is 6. The van der Waals surface area contributed by atoms with Crippen LogP contribution in [0.15, 0.2) is 0 Å². The zero-order valence-electron chi connectivity index (χ0n) is 10.8. The van der Waals surface area contributed by atoms with Crippen LogP contribution in [-0.4, -0.2) is 71.1 Å². The summed E-state index contributed by atoms with van der Waals surface area (Å²) in [5.41, 5.74) is 5.29. The number of hydrogen-bond donors (Lipinski definition) is 1. The topological polar surface area (TPSA) is 74.0 Å². The van der Waals surface area contributed by atoms with E-state index in [4.69, 9.17) is 19.9 Å². The number of carbonyl (C=O) groups is 1. The molecule has 0 bridgehead atoms. The van der Waals surface area contributed by atoms with Crippen molar-refractivity contribution in [3.8, 4) is 0 Å². The van der Waals surface area contributed by atoms with E-state index >= 15 is 0 Å². The molecule has 0 aliphatic heterocycles. The molecular formula is C11H24N2O4. The molecule has 0 radical (unpaired) electrons. The summed E-state index contributed by atoms with van der Waals surface area (Å²) in [4.78, 5) is 13.3. The van der Waals surface area contributed by atoms with E-state index in [2.05, 4.69) is 0 Å². The Labute approximate surface area is 103 Å². The first-order valence-electron chi connectivity index (χ1n) is 5.81. The molecule has 0 aromatic rings. The van der Waals surface area contributed by atoms with E-state index in [1.807, 2.05) is 11.9 Å². The molecule has 6 heteroatoms. The molecular weight excluding hydrogens is 224 g/mol. The normalized spacial score (nSPS) is 10.8. The van der Waals surface area contributed by atoms with Gasteiger partial charge in [-0.25, -0.2) is 0 Å². The van der Waals surface area contributed by atoms with Crippen LogP contribution >= 0.6 is 0 Å². The number of esters is 1. The lowest BCUT2D eigenvalue weighted by Crippen LogP contribution is -2.27. The van der Waals surface area contributed by atoms with Crippen molar-refractivity contribution in [1.29, 1.82) is 0 Å². The Hall–Kier alpha value is -0.690. The molecule has 0 saturated heterocycles. The lowest BCUT2D eigenvalue weighted by atomic mass is 10.4.